The maximum atomic E-state index is 9.76. The average molecular weight is 861 g/mol. The van der Waals surface area contributed by atoms with Crippen LogP contribution in [0, 0.1) is 66.4 Å². The van der Waals surface area contributed by atoms with E-state index in [1.807, 2.05) is 24.3 Å². The summed E-state index contributed by atoms with van der Waals surface area (Å²) in [5.74, 6) is 0. The molecule has 0 saturated heterocycles. The van der Waals surface area contributed by atoms with Crippen LogP contribution in [0.2, 0.25) is 0 Å². The molecule has 0 N–H and O–H groups in total. The van der Waals surface area contributed by atoms with E-state index in [0.29, 0.717) is 11.3 Å². The Balaban J connectivity index is 1.17. The first-order valence-electron chi connectivity index (χ1n) is 22.9. The molecular weight excluding hydrogens is 813 g/mol. The van der Waals surface area contributed by atoms with Crippen molar-refractivity contribution in [3.05, 3.63) is 220 Å². The molecule has 4 heteroatoms. The van der Waals surface area contributed by atoms with Gasteiger partial charge in [0.25, 0.3) is 0 Å². The molecular formula is C63H48N4. The van der Waals surface area contributed by atoms with Crippen molar-refractivity contribution in [2.45, 2.75) is 48.5 Å². The molecule has 11 aromatic rings. The van der Waals surface area contributed by atoms with Gasteiger partial charge in [-0.05, 0) is 194 Å². The van der Waals surface area contributed by atoms with Crippen LogP contribution in [0.25, 0.3) is 104 Å². The van der Waals surface area contributed by atoms with Gasteiger partial charge in [0.05, 0.1) is 46.0 Å². The van der Waals surface area contributed by atoms with Gasteiger partial charge in [0.15, 0.2) is 5.69 Å². The molecule has 0 amide bonds. The molecule has 2 aromatic heterocycles. The van der Waals surface area contributed by atoms with Crippen LogP contribution < -0.4 is 0 Å². The summed E-state index contributed by atoms with van der Waals surface area (Å²) in [4.78, 5) is 4.21. The molecule has 4 nitrogen and oxygen atoms in total. The molecule has 0 saturated carbocycles. The monoisotopic (exact) mass is 860 g/mol. The van der Waals surface area contributed by atoms with Gasteiger partial charge in [-0.3, -0.25) is 0 Å². The van der Waals surface area contributed by atoms with Crippen LogP contribution in [0.4, 0.5) is 5.69 Å². The van der Waals surface area contributed by atoms with Gasteiger partial charge in [-0.25, -0.2) is 4.85 Å². The molecule has 0 aliphatic rings. The molecule has 0 radical (unpaired) electrons. The number of nitrogens with zero attached hydrogens (tertiary/aromatic N) is 4. The lowest BCUT2D eigenvalue weighted by Crippen LogP contribution is -2.00. The van der Waals surface area contributed by atoms with Crippen molar-refractivity contribution in [1.29, 1.82) is 5.26 Å². The highest BCUT2D eigenvalue weighted by Gasteiger charge is 2.22. The van der Waals surface area contributed by atoms with Gasteiger partial charge in [-0.2, -0.15) is 5.26 Å². The molecule has 11 rings (SSSR count). The Morgan fingerprint density at radius 1 is 0.418 bits per heavy atom. The van der Waals surface area contributed by atoms with Gasteiger partial charge in [0.2, 0.25) is 0 Å². The largest absolute Gasteiger partial charge is 0.309 e. The highest BCUT2D eigenvalue weighted by molar-refractivity contribution is 6.12. The zero-order chi connectivity index (χ0) is 46.2. The third-order valence-corrected chi connectivity index (χ3v) is 13.8. The fourth-order valence-corrected chi connectivity index (χ4v) is 11.2. The van der Waals surface area contributed by atoms with E-state index in [2.05, 4.69) is 208 Å². The smallest absolute Gasteiger partial charge is 0.195 e. The van der Waals surface area contributed by atoms with E-state index < -0.39 is 0 Å². The highest BCUT2D eigenvalue weighted by Crippen LogP contribution is 2.45. The summed E-state index contributed by atoms with van der Waals surface area (Å²) < 4.78 is 4.73. The minimum Gasteiger partial charge on any atom is -0.309 e. The summed E-state index contributed by atoms with van der Waals surface area (Å²) in [5.41, 5.74) is 25.0. The predicted molar refractivity (Wildman–Crippen MR) is 281 cm³/mol. The maximum absolute atomic E-state index is 9.76. The minimum atomic E-state index is 0.570. The Bertz CT molecular complexity index is 3920. The second-order valence-corrected chi connectivity index (χ2v) is 18.4. The molecule has 0 fully saturated rings. The zero-order valence-corrected chi connectivity index (χ0v) is 38.9. The highest BCUT2D eigenvalue weighted by atomic mass is 15.0. The first-order valence-corrected chi connectivity index (χ1v) is 22.9. The van der Waals surface area contributed by atoms with Crippen molar-refractivity contribution in [3.8, 4) is 62.0 Å². The summed E-state index contributed by atoms with van der Waals surface area (Å²) in [6.07, 6.45) is 0. The van der Waals surface area contributed by atoms with E-state index in [1.54, 1.807) is 0 Å². The van der Waals surface area contributed by atoms with Gasteiger partial charge in [0.1, 0.15) is 0 Å². The van der Waals surface area contributed by atoms with Gasteiger partial charge in [-0.1, -0.05) is 102 Å². The van der Waals surface area contributed by atoms with E-state index >= 15 is 0 Å². The molecule has 0 atom stereocenters. The zero-order valence-electron chi connectivity index (χ0n) is 38.9. The summed E-state index contributed by atoms with van der Waals surface area (Å²) in [5, 5.41) is 14.5. The first-order chi connectivity index (χ1) is 32.5. The SMILES string of the molecule is [C-]#[N+]c1ccc(-n2c3ccccc3c3cc(-c4c(C)cc(C)cc4C)ccc32)cc1-c1cc(-c2ccc(C#N)cc2C)ccc1-n1c2ccccc2c2cc(-c3c(C)cc(C)cc3C)ccc21. The summed E-state index contributed by atoms with van der Waals surface area (Å²) in [6.45, 7) is 23.8. The Hall–Kier alpha value is -8.44. The third-order valence-electron chi connectivity index (χ3n) is 13.8. The number of hydrogen-bond acceptors (Lipinski definition) is 1. The molecule has 320 valence electrons. The van der Waals surface area contributed by atoms with Crippen molar-refractivity contribution in [2.75, 3.05) is 0 Å². The molecule has 0 spiro atoms. The number of benzene rings is 9. The lowest BCUT2D eigenvalue weighted by atomic mass is 9.92. The number of aryl methyl sites for hydroxylation is 7. The molecule has 9 aromatic carbocycles. The number of para-hydroxylation sites is 2. The fraction of sp³-hybridized carbons (Fsp3) is 0.111. The van der Waals surface area contributed by atoms with Gasteiger partial charge >= 0.3 is 0 Å². The Morgan fingerprint density at radius 3 is 1.49 bits per heavy atom. The number of hydrogen-bond donors (Lipinski definition) is 0. The average Bonchev–Trinajstić information content (AvgIpc) is 3.83. The van der Waals surface area contributed by atoms with Crippen LogP contribution in [-0.4, -0.2) is 9.13 Å². The van der Waals surface area contributed by atoms with Gasteiger partial charge in [0, 0.05) is 27.2 Å². The third kappa shape index (κ3) is 6.72. The van der Waals surface area contributed by atoms with E-state index in [4.69, 9.17) is 6.57 Å². The lowest BCUT2D eigenvalue weighted by molar-refractivity contribution is 1.17. The molecule has 0 bridgehead atoms. The van der Waals surface area contributed by atoms with Crippen molar-refractivity contribution >= 4 is 49.3 Å². The Kier molecular flexibility index (Phi) is 9.81. The molecule has 0 aliphatic heterocycles. The number of nitriles is 1. The van der Waals surface area contributed by atoms with Crippen molar-refractivity contribution in [1.82, 2.24) is 9.13 Å². The van der Waals surface area contributed by atoms with Crippen molar-refractivity contribution in [3.63, 3.8) is 0 Å². The molecule has 67 heavy (non-hydrogen) atoms. The minimum absolute atomic E-state index is 0.570. The first kappa shape index (κ1) is 41.3. The predicted octanol–water partition coefficient (Wildman–Crippen LogP) is 17.1. The van der Waals surface area contributed by atoms with Crippen LogP contribution in [0.3, 0.4) is 0 Å². The second-order valence-electron chi connectivity index (χ2n) is 18.4. The summed E-state index contributed by atoms with van der Waals surface area (Å²) >= 11 is 0. The number of aromatic nitrogens is 2. The van der Waals surface area contributed by atoms with Gasteiger partial charge < -0.3 is 9.13 Å². The van der Waals surface area contributed by atoms with Crippen molar-refractivity contribution < 1.29 is 0 Å². The Labute approximate surface area is 392 Å². The van der Waals surface area contributed by atoms with Crippen LogP contribution in [-0.2, 0) is 0 Å². The second kappa shape index (κ2) is 15.9. The van der Waals surface area contributed by atoms with E-state index in [-0.39, 0.29) is 0 Å². The van der Waals surface area contributed by atoms with Crippen LogP contribution in [0.1, 0.15) is 44.5 Å². The lowest BCUT2D eigenvalue weighted by Gasteiger charge is -2.19. The van der Waals surface area contributed by atoms with Crippen LogP contribution in [0.15, 0.2) is 164 Å². The number of fused-ring (bicyclic) bond motifs is 6. The van der Waals surface area contributed by atoms with Crippen LogP contribution >= 0.6 is 0 Å². The molecule has 0 aliphatic carbocycles. The summed E-state index contributed by atoms with van der Waals surface area (Å²) in [7, 11) is 0. The topological polar surface area (TPSA) is 38.0 Å². The standard InChI is InChI=1S/C63H48N4/c1-37-27-40(4)62(41(5)28-37)46-19-25-59-53(33-46)50-13-9-11-15-57(50)66(59)48-21-23-56(65-8)52(35-48)55-32-45(49-22-17-44(36-64)31-39(49)3)18-24-61(55)67-58-16-12-10-14-51(58)54-34-47(20-26-60(54)67)63-42(6)29-38(2)30-43(63)7/h9-35H,1-7H3. The van der Waals surface area contributed by atoms with E-state index in [1.165, 1.54) is 77.2 Å². The molecule has 0 unspecified atom stereocenters. The fourth-order valence-electron chi connectivity index (χ4n) is 11.2. The maximum Gasteiger partial charge on any atom is 0.195 e. The number of rotatable bonds is 6. The van der Waals surface area contributed by atoms with E-state index in [9.17, 15) is 5.26 Å². The van der Waals surface area contributed by atoms with Gasteiger partial charge in [-0.15, -0.1) is 0 Å². The molecule has 2 heterocycles. The summed E-state index contributed by atoms with van der Waals surface area (Å²) in [6, 6.07) is 61.3. The normalized spacial score (nSPS) is 11.5. The van der Waals surface area contributed by atoms with E-state index in [0.717, 1.165) is 61.3 Å². The van der Waals surface area contributed by atoms with Crippen molar-refractivity contribution in [2.24, 2.45) is 0 Å². The van der Waals surface area contributed by atoms with Crippen LogP contribution in [0.5, 0.6) is 0 Å². The quantitative estimate of drug-likeness (QED) is 0.154. The Morgan fingerprint density at radius 2 is 0.940 bits per heavy atom.